The minimum atomic E-state index is -0.453. The van der Waals surface area contributed by atoms with Crippen molar-refractivity contribution >= 4 is 11.9 Å². The van der Waals surface area contributed by atoms with Crippen LogP contribution >= 0.6 is 0 Å². The fourth-order valence-corrected chi connectivity index (χ4v) is 7.82. The Morgan fingerprint density at radius 2 is 1.40 bits per heavy atom. The first-order valence-corrected chi connectivity index (χ1v) is 15.1. The molecule has 6 unspecified atom stereocenters. The molecule has 3 aromatic carbocycles. The summed E-state index contributed by atoms with van der Waals surface area (Å²) in [7, 11) is 0. The molecule has 0 heterocycles. The number of hydrogen-bond acceptors (Lipinski definition) is 4. The predicted molar refractivity (Wildman–Crippen MR) is 156 cm³/mol. The molecule has 0 aliphatic heterocycles. The van der Waals surface area contributed by atoms with Crippen LogP contribution in [0.25, 0.3) is 0 Å². The van der Waals surface area contributed by atoms with E-state index in [0.717, 1.165) is 25.7 Å². The van der Waals surface area contributed by atoms with E-state index in [1.54, 1.807) is 29.8 Å². The molecule has 4 nitrogen and oxygen atoms in total. The van der Waals surface area contributed by atoms with Gasteiger partial charge in [-0.2, -0.15) is 0 Å². The van der Waals surface area contributed by atoms with Gasteiger partial charge in [-0.25, -0.2) is 9.59 Å². The van der Waals surface area contributed by atoms with E-state index in [1.807, 2.05) is 36.4 Å². The van der Waals surface area contributed by atoms with E-state index >= 15 is 0 Å². The molecule has 3 aliphatic carbocycles. The molecule has 0 saturated heterocycles. The zero-order valence-corrected chi connectivity index (χ0v) is 23.8. The summed E-state index contributed by atoms with van der Waals surface area (Å²) in [4.78, 5) is 26.5. The highest BCUT2D eigenvalue weighted by molar-refractivity contribution is 5.90. The molecule has 3 aromatic rings. The second-order valence-electron chi connectivity index (χ2n) is 12.4. The van der Waals surface area contributed by atoms with Crippen LogP contribution in [0.15, 0.2) is 72.8 Å². The van der Waals surface area contributed by atoms with E-state index in [0.29, 0.717) is 28.9 Å². The van der Waals surface area contributed by atoms with E-state index in [1.165, 1.54) is 29.5 Å². The number of benzene rings is 3. The average molecular weight is 537 g/mol. The van der Waals surface area contributed by atoms with Crippen molar-refractivity contribution in [3.05, 3.63) is 106 Å². The van der Waals surface area contributed by atoms with Crippen molar-refractivity contribution in [1.29, 1.82) is 0 Å². The highest BCUT2D eigenvalue weighted by Crippen LogP contribution is 2.63. The van der Waals surface area contributed by atoms with E-state index in [4.69, 9.17) is 9.47 Å². The lowest BCUT2D eigenvalue weighted by molar-refractivity contribution is -0.0698. The van der Waals surface area contributed by atoms with Gasteiger partial charge in [0.2, 0.25) is 0 Å². The van der Waals surface area contributed by atoms with Gasteiger partial charge in [-0.15, -0.1) is 0 Å². The van der Waals surface area contributed by atoms with Crippen LogP contribution < -0.4 is 0 Å². The number of rotatable bonds is 9. The molecule has 40 heavy (non-hydrogen) atoms. The lowest BCUT2D eigenvalue weighted by atomic mass is 9.76. The van der Waals surface area contributed by atoms with Gasteiger partial charge >= 0.3 is 11.9 Å². The third-order valence-corrected chi connectivity index (χ3v) is 9.47. The van der Waals surface area contributed by atoms with Gasteiger partial charge < -0.3 is 9.47 Å². The summed E-state index contributed by atoms with van der Waals surface area (Å²) in [5.74, 6) is 0.972. The maximum Gasteiger partial charge on any atom is 0.338 e. The van der Waals surface area contributed by atoms with Gasteiger partial charge in [0.05, 0.1) is 11.1 Å². The van der Waals surface area contributed by atoms with Gasteiger partial charge in [-0.1, -0.05) is 75.7 Å². The summed E-state index contributed by atoms with van der Waals surface area (Å²) >= 11 is 0. The number of hydrogen-bond donors (Lipinski definition) is 0. The molecule has 208 valence electrons. The topological polar surface area (TPSA) is 52.6 Å². The summed E-state index contributed by atoms with van der Waals surface area (Å²) in [6, 6.07) is 23.0. The summed E-state index contributed by atoms with van der Waals surface area (Å²) in [5, 5.41) is 0. The number of carbonyl (C=O) groups is 2. The van der Waals surface area contributed by atoms with Crippen LogP contribution in [0, 0.1) is 23.7 Å². The smallest absolute Gasteiger partial charge is 0.338 e. The normalized spacial score (nSPS) is 26.0. The Balaban J connectivity index is 1.34. The number of fused-ring (bicyclic) bond motifs is 7. The molecule has 2 saturated carbocycles. The lowest BCUT2D eigenvalue weighted by Crippen LogP contribution is -2.45. The molecule has 6 atom stereocenters. The van der Waals surface area contributed by atoms with Crippen molar-refractivity contribution < 1.29 is 19.1 Å². The Morgan fingerprint density at radius 3 is 1.98 bits per heavy atom. The zero-order chi connectivity index (χ0) is 27.8. The van der Waals surface area contributed by atoms with Gasteiger partial charge in [0, 0.05) is 11.8 Å². The molecule has 0 spiro atoms. The van der Waals surface area contributed by atoms with Crippen LogP contribution in [-0.2, 0) is 28.7 Å². The van der Waals surface area contributed by atoms with Crippen molar-refractivity contribution in [2.75, 3.05) is 0 Å². The lowest BCUT2D eigenvalue weighted by Gasteiger charge is -2.37. The van der Waals surface area contributed by atoms with Gasteiger partial charge in [0.1, 0.15) is 12.2 Å². The fourth-order valence-electron chi connectivity index (χ4n) is 7.82. The van der Waals surface area contributed by atoms with Gasteiger partial charge in [0.15, 0.2) is 0 Å². The number of esters is 2. The Bertz CT molecular complexity index is 1360. The second-order valence-corrected chi connectivity index (χ2v) is 12.4. The van der Waals surface area contributed by atoms with Crippen LogP contribution in [0.1, 0.15) is 88.9 Å². The molecule has 0 radical (unpaired) electrons. The summed E-state index contributed by atoms with van der Waals surface area (Å²) < 4.78 is 12.5. The summed E-state index contributed by atoms with van der Waals surface area (Å²) in [6.07, 6.45) is 5.68. The molecule has 4 heteroatoms. The second kappa shape index (κ2) is 11.2. The molecular weight excluding hydrogens is 496 g/mol. The Hall–Kier alpha value is -3.40. The molecule has 0 amide bonds. The van der Waals surface area contributed by atoms with Crippen LogP contribution in [0.4, 0.5) is 0 Å². The quantitative estimate of drug-likeness (QED) is 0.265. The Kier molecular flexibility index (Phi) is 7.53. The molecular formula is C36H40O4. The standard InChI is InChI=1S/C36H40O4/c1-4-5-12-23-17-18-26-28(27(23)19-22(2)3)20-29-30-21-31(32(26)29)34(40-36(38)25-15-10-7-11-16-25)33(30)39-35(37)24-13-8-6-9-14-24/h6-11,13-18,22,29-34H,4-5,12,19-21H2,1-3H3. The van der Waals surface area contributed by atoms with Crippen molar-refractivity contribution in [2.24, 2.45) is 23.7 Å². The first kappa shape index (κ1) is 26.8. The van der Waals surface area contributed by atoms with Gasteiger partial charge in [-0.05, 0) is 96.4 Å². The largest absolute Gasteiger partial charge is 0.455 e. The van der Waals surface area contributed by atoms with Gasteiger partial charge in [0.25, 0.3) is 0 Å². The van der Waals surface area contributed by atoms with Crippen LogP contribution in [-0.4, -0.2) is 24.1 Å². The Morgan fingerprint density at radius 1 is 0.800 bits per heavy atom. The Labute approximate surface area is 238 Å². The van der Waals surface area contributed by atoms with E-state index < -0.39 is 12.2 Å². The maximum atomic E-state index is 13.3. The van der Waals surface area contributed by atoms with Crippen LogP contribution in [0.5, 0.6) is 0 Å². The monoisotopic (exact) mass is 536 g/mol. The number of unbranched alkanes of at least 4 members (excludes halogenated alkanes) is 1. The zero-order valence-electron chi connectivity index (χ0n) is 23.8. The summed E-state index contributed by atoms with van der Waals surface area (Å²) in [5.41, 5.74) is 7.08. The fraction of sp³-hybridized carbons (Fsp3) is 0.444. The minimum absolute atomic E-state index is 0.144. The van der Waals surface area contributed by atoms with Crippen molar-refractivity contribution in [3.63, 3.8) is 0 Å². The SMILES string of the molecule is CCCCc1ccc2c(c1CC(C)C)CC1C3CC(C(OC(=O)c4ccccc4)C3OC(=O)c3ccccc3)C21. The highest BCUT2D eigenvalue weighted by atomic mass is 16.6. The third-order valence-electron chi connectivity index (χ3n) is 9.47. The molecule has 0 aromatic heterocycles. The van der Waals surface area contributed by atoms with Crippen molar-refractivity contribution in [1.82, 2.24) is 0 Å². The molecule has 3 aliphatic rings. The number of aryl methyl sites for hydroxylation is 1. The van der Waals surface area contributed by atoms with E-state index in [9.17, 15) is 9.59 Å². The van der Waals surface area contributed by atoms with Gasteiger partial charge in [-0.3, -0.25) is 0 Å². The molecule has 6 rings (SSSR count). The maximum absolute atomic E-state index is 13.3. The molecule has 2 fully saturated rings. The highest BCUT2D eigenvalue weighted by Gasteiger charge is 2.63. The summed E-state index contributed by atoms with van der Waals surface area (Å²) in [6.45, 7) is 6.87. The average Bonchev–Trinajstić information content (AvgIpc) is 3.63. The van der Waals surface area contributed by atoms with Crippen molar-refractivity contribution in [3.8, 4) is 0 Å². The van der Waals surface area contributed by atoms with Crippen molar-refractivity contribution in [2.45, 2.75) is 77.4 Å². The first-order valence-electron chi connectivity index (χ1n) is 15.1. The molecule has 2 bridgehead atoms. The number of ether oxygens (including phenoxy) is 2. The third kappa shape index (κ3) is 4.87. The minimum Gasteiger partial charge on any atom is -0.455 e. The first-order chi connectivity index (χ1) is 19.5. The van der Waals surface area contributed by atoms with Crippen LogP contribution in [0.3, 0.4) is 0 Å². The van der Waals surface area contributed by atoms with E-state index in [-0.39, 0.29) is 23.8 Å². The predicted octanol–water partition coefficient (Wildman–Crippen LogP) is 7.58. The number of carbonyl (C=O) groups excluding carboxylic acids is 2. The van der Waals surface area contributed by atoms with E-state index in [2.05, 4.69) is 32.9 Å². The van der Waals surface area contributed by atoms with Crippen LogP contribution in [0.2, 0.25) is 0 Å². The molecule has 0 N–H and O–H groups in total.